The summed E-state index contributed by atoms with van der Waals surface area (Å²) < 4.78 is 0. The zero-order valence-corrected chi connectivity index (χ0v) is 8.25. The van der Waals surface area contributed by atoms with Gasteiger partial charge in [0.15, 0.2) is 0 Å². The molecule has 1 aliphatic heterocycles. The fraction of sp³-hybridized carbons (Fsp3) is 1.00. The maximum Gasteiger partial charge on any atom is 0.0832 e. The van der Waals surface area contributed by atoms with Crippen LogP contribution in [0.5, 0.6) is 0 Å². The Kier molecular flexibility index (Phi) is 3.50. The fourth-order valence-electron chi connectivity index (χ4n) is 1.72. The van der Waals surface area contributed by atoms with Gasteiger partial charge in [-0.15, -0.1) is 0 Å². The summed E-state index contributed by atoms with van der Waals surface area (Å²) in [7, 11) is 0. The van der Waals surface area contributed by atoms with E-state index >= 15 is 0 Å². The van der Waals surface area contributed by atoms with Gasteiger partial charge in [0.05, 0.1) is 6.10 Å². The molecule has 2 N–H and O–H groups in total. The lowest BCUT2D eigenvalue weighted by Gasteiger charge is -2.18. The Morgan fingerprint density at radius 3 is 2.58 bits per heavy atom. The highest BCUT2D eigenvalue weighted by molar-refractivity contribution is 4.89. The van der Waals surface area contributed by atoms with Gasteiger partial charge in [-0.3, -0.25) is 4.90 Å². The van der Waals surface area contributed by atoms with Crippen molar-refractivity contribution in [3.8, 4) is 0 Å². The number of rotatable bonds is 3. The minimum atomic E-state index is -0.188. The predicted molar refractivity (Wildman–Crippen MR) is 50.2 cm³/mol. The van der Waals surface area contributed by atoms with E-state index in [1.807, 2.05) is 0 Å². The molecule has 0 aliphatic carbocycles. The molecule has 0 bridgehead atoms. The van der Waals surface area contributed by atoms with Crippen molar-refractivity contribution in [2.24, 2.45) is 0 Å². The number of hydrogen-bond donors (Lipinski definition) is 2. The minimum absolute atomic E-state index is 0.188. The predicted octanol–water partition coefficient (Wildman–Crippen LogP) is 0.0494. The van der Waals surface area contributed by atoms with Gasteiger partial charge in [-0.25, -0.2) is 0 Å². The van der Waals surface area contributed by atoms with E-state index in [4.69, 9.17) is 0 Å². The molecule has 1 rings (SSSR count). The van der Waals surface area contributed by atoms with Gasteiger partial charge in [-0.2, -0.15) is 0 Å². The molecule has 0 aromatic heterocycles. The third-order valence-electron chi connectivity index (χ3n) is 2.36. The zero-order chi connectivity index (χ0) is 9.14. The Balaban J connectivity index is 2.35. The Bertz CT molecular complexity index is 138. The second-order valence-corrected chi connectivity index (χ2v) is 3.85. The van der Waals surface area contributed by atoms with Crippen molar-refractivity contribution in [3.63, 3.8) is 0 Å². The SMILES string of the molecule is CCN1C[C@@H](O)[C@H](NC(C)C)C1. The molecule has 0 spiro atoms. The number of nitrogens with zero attached hydrogens (tertiary/aromatic N) is 1. The first-order valence-corrected chi connectivity index (χ1v) is 4.80. The van der Waals surface area contributed by atoms with Crippen LogP contribution in [0.1, 0.15) is 20.8 Å². The van der Waals surface area contributed by atoms with Crippen molar-refractivity contribution in [2.75, 3.05) is 19.6 Å². The standard InChI is InChI=1S/C9H20N2O/c1-4-11-5-8(9(12)6-11)10-7(2)3/h7-10,12H,4-6H2,1-3H3/t8-,9-/m1/s1. The van der Waals surface area contributed by atoms with E-state index < -0.39 is 0 Å². The summed E-state index contributed by atoms with van der Waals surface area (Å²) in [5.41, 5.74) is 0. The fourth-order valence-corrected chi connectivity index (χ4v) is 1.72. The molecule has 3 nitrogen and oxygen atoms in total. The molecular weight excluding hydrogens is 152 g/mol. The van der Waals surface area contributed by atoms with Crippen LogP contribution in [0.25, 0.3) is 0 Å². The molecular formula is C9H20N2O. The highest BCUT2D eigenvalue weighted by atomic mass is 16.3. The molecule has 0 aromatic rings. The van der Waals surface area contributed by atoms with E-state index in [-0.39, 0.29) is 12.1 Å². The quantitative estimate of drug-likeness (QED) is 0.631. The number of nitrogens with one attached hydrogen (secondary N) is 1. The maximum absolute atomic E-state index is 9.64. The van der Waals surface area contributed by atoms with Gasteiger partial charge in [0.2, 0.25) is 0 Å². The molecule has 1 aliphatic rings. The van der Waals surface area contributed by atoms with Gasteiger partial charge >= 0.3 is 0 Å². The summed E-state index contributed by atoms with van der Waals surface area (Å²) in [6.45, 7) is 9.19. The molecule has 1 heterocycles. The van der Waals surface area contributed by atoms with Crippen LogP contribution in [0.4, 0.5) is 0 Å². The Morgan fingerprint density at radius 2 is 2.17 bits per heavy atom. The van der Waals surface area contributed by atoms with Crippen molar-refractivity contribution in [3.05, 3.63) is 0 Å². The first-order valence-electron chi connectivity index (χ1n) is 4.80. The van der Waals surface area contributed by atoms with Gasteiger partial charge in [-0.05, 0) is 6.54 Å². The van der Waals surface area contributed by atoms with E-state index in [0.29, 0.717) is 6.04 Å². The van der Waals surface area contributed by atoms with Crippen LogP contribution in [0, 0.1) is 0 Å². The molecule has 0 amide bonds. The van der Waals surface area contributed by atoms with Crippen molar-refractivity contribution >= 4 is 0 Å². The van der Waals surface area contributed by atoms with Crippen LogP contribution in [0.2, 0.25) is 0 Å². The second-order valence-electron chi connectivity index (χ2n) is 3.85. The van der Waals surface area contributed by atoms with Crippen LogP contribution in [0.15, 0.2) is 0 Å². The Morgan fingerprint density at radius 1 is 1.50 bits per heavy atom. The van der Waals surface area contributed by atoms with Gasteiger partial charge in [0, 0.05) is 25.2 Å². The molecule has 3 heteroatoms. The number of aliphatic hydroxyl groups excluding tert-OH is 1. The summed E-state index contributed by atoms with van der Waals surface area (Å²) in [6.07, 6.45) is -0.188. The molecule has 1 fully saturated rings. The van der Waals surface area contributed by atoms with E-state index in [9.17, 15) is 5.11 Å². The Hall–Kier alpha value is -0.120. The lowest BCUT2D eigenvalue weighted by molar-refractivity contribution is 0.151. The zero-order valence-electron chi connectivity index (χ0n) is 8.25. The maximum atomic E-state index is 9.64. The molecule has 1 saturated heterocycles. The number of hydrogen-bond acceptors (Lipinski definition) is 3. The van der Waals surface area contributed by atoms with Gasteiger partial charge in [-0.1, -0.05) is 20.8 Å². The largest absolute Gasteiger partial charge is 0.390 e. The lowest BCUT2D eigenvalue weighted by atomic mass is 10.2. The number of β-amino-alcohol motifs (C(OH)–C–C–N with tert-alkyl or cyclic N) is 1. The second kappa shape index (κ2) is 4.21. The van der Waals surface area contributed by atoms with Crippen LogP contribution in [-0.4, -0.2) is 47.8 Å². The highest BCUT2D eigenvalue weighted by Gasteiger charge is 2.30. The van der Waals surface area contributed by atoms with E-state index in [1.165, 1.54) is 0 Å². The first kappa shape index (κ1) is 9.96. The van der Waals surface area contributed by atoms with Crippen LogP contribution < -0.4 is 5.32 Å². The number of aliphatic hydroxyl groups is 1. The molecule has 12 heavy (non-hydrogen) atoms. The summed E-state index contributed by atoms with van der Waals surface area (Å²) in [5, 5.41) is 13.0. The molecule has 0 saturated carbocycles. The van der Waals surface area contributed by atoms with Gasteiger partial charge < -0.3 is 10.4 Å². The minimum Gasteiger partial charge on any atom is -0.390 e. The first-order chi connectivity index (χ1) is 5.63. The smallest absolute Gasteiger partial charge is 0.0832 e. The van der Waals surface area contributed by atoms with Gasteiger partial charge in [0.1, 0.15) is 0 Å². The van der Waals surface area contributed by atoms with Crippen molar-refractivity contribution in [1.82, 2.24) is 10.2 Å². The van der Waals surface area contributed by atoms with Gasteiger partial charge in [0.25, 0.3) is 0 Å². The van der Waals surface area contributed by atoms with Crippen LogP contribution in [0.3, 0.4) is 0 Å². The lowest BCUT2D eigenvalue weighted by Crippen LogP contribution is -2.42. The third-order valence-corrected chi connectivity index (χ3v) is 2.36. The van der Waals surface area contributed by atoms with Crippen molar-refractivity contribution in [1.29, 1.82) is 0 Å². The number of likely N-dealkylation sites (N-methyl/N-ethyl adjacent to an activating group) is 1. The Labute approximate surface area is 74.8 Å². The third kappa shape index (κ3) is 2.44. The van der Waals surface area contributed by atoms with Crippen LogP contribution >= 0.6 is 0 Å². The normalized spacial score (nSPS) is 31.8. The van der Waals surface area contributed by atoms with Crippen molar-refractivity contribution in [2.45, 2.75) is 39.0 Å². The summed E-state index contributed by atoms with van der Waals surface area (Å²) in [6, 6.07) is 0.728. The van der Waals surface area contributed by atoms with E-state index in [2.05, 4.69) is 31.0 Å². The molecule has 0 aromatic carbocycles. The molecule has 2 atom stereocenters. The van der Waals surface area contributed by atoms with E-state index in [0.717, 1.165) is 19.6 Å². The topological polar surface area (TPSA) is 35.5 Å². The monoisotopic (exact) mass is 172 g/mol. The highest BCUT2D eigenvalue weighted by Crippen LogP contribution is 2.09. The average Bonchev–Trinajstić information content (AvgIpc) is 2.31. The molecule has 72 valence electrons. The average molecular weight is 172 g/mol. The summed E-state index contributed by atoms with van der Waals surface area (Å²) in [4.78, 5) is 2.27. The summed E-state index contributed by atoms with van der Waals surface area (Å²) >= 11 is 0. The molecule has 0 unspecified atom stereocenters. The van der Waals surface area contributed by atoms with E-state index in [1.54, 1.807) is 0 Å². The molecule has 0 radical (unpaired) electrons. The van der Waals surface area contributed by atoms with Crippen molar-refractivity contribution < 1.29 is 5.11 Å². The summed E-state index contributed by atoms with van der Waals surface area (Å²) in [5.74, 6) is 0. The van der Waals surface area contributed by atoms with Crippen LogP contribution in [-0.2, 0) is 0 Å². The number of likely N-dealkylation sites (tertiary alicyclic amines) is 1.